The monoisotopic (exact) mass is 335 g/mol. The third-order valence-corrected chi connectivity index (χ3v) is 3.55. The Morgan fingerprint density at radius 1 is 1.10 bits per heavy atom. The van der Waals surface area contributed by atoms with Crippen LogP contribution in [0, 0.1) is 0 Å². The Morgan fingerprint density at radius 2 is 1.81 bits per heavy atom. The molecule has 2 N–H and O–H groups in total. The van der Waals surface area contributed by atoms with Crippen LogP contribution < -0.4 is 10.5 Å². The number of rotatable bonds is 3. The molecule has 2 aromatic rings. The smallest absolute Gasteiger partial charge is 0.416 e. The summed E-state index contributed by atoms with van der Waals surface area (Å²) in [5.74, 6) is 0.182. The predicted octanol–water partition coefficient (Wildman–Crippen LogP) is 5.26. The van der Waals surface area contributed by atoms with Gasteiger partial charge in [-0.1, -0.05) is 35.3 Å². The predicted molar refractivity (Wildman–Crippen MR) is 75.9 cm³/mol. The van der Waals surface area contributed by atoms with Crippen LogP contribution in [0.2, 0.25) is 10.0 Å². The third kappa shape index (κ3) is 3.61. The molecule has 21 heavy (non-hydrogen) atoms. The standard InChI is InChI=1S/C14H10Cl2F3NO/c15-11-2-1-3-12(13(11)16)21-9-5-4-8(7-20)10(6-9)14(17,18)19/h1-6H,7,20H2. The van der Waals surface area contributed by atoms with Crippen molar-refractivity contribution < 1.29 is 17.9 Å². The van der Waals surface area contributed by atoms with Gasteiger partial charge in [0.2, 0.25) is 0 Å². The molecule has 2 nitrogen and oxygen atoms in total. The average Bonchev–Trinajstić information content (AvgIpc) is 2.43. The van der Waals surface area contributed by atoms with E-state index in [1.54, 1.807) is 12.1 Å². The highest BCUT2D eigenvalue weighted by atomic mass is 35.5. The summed E-state index contributed by atoms with van der Waals surface area (Å²) in [7, 11) is 0. The molecule has 0 bridgehead atoms. The minimum absolute atomic E-state index is 0.00342. The average molecular weight is 336 g/mol. The summed E-state index contributed by atoms with van der Waals surface area (Å²) in [5.41, 5.74) is 4.47. The van der Waals surface area contributed by atoms with Crippen LogP contribution in [-0.2, 0) is 12.7 Å². The number of hydrogen-bond donors (Lipinski definition) is 1. The zero-order valence-electron chi connectivity index (χ0n) is 10.5. The summed E-state index contributed by atoms with van der Waals surface area (Å²) in [4.78, 5) is 0. The summed E-state index contributed by atoms with van der Waals surface area (Å²) >= 11 is 11.8. The lowest BCUT2D eigenvalue weighted by Gasteiger charge is -2.14. The Bertz CT molecular complexity index is 659. The Hall–Kier alpha value is -1.43. The first-order valence-corrected chi connectivity index (χ1v) is 6.60. The molecular formula is C14H10Cl2F3NO. The summed E-state index contributed by atoms with van der Waals surface area (Å²) in [6.45, 7) is -0.215. The largest absolute Gasteiger partial charge is 0.456 e. The molecule has 0 radical (unpaired) electrons. The maximum absolute atomic E-state index is 12.9. The zero-order chi connectivity index (χ0) is 15.6. The molecule has 0 heterocycles. The van der Waals surface area contributed by atoms with Crippen molar-refractivity contribution in [2.24, 2.45) is 5.73 Å². The normalized spacial score (nSPS) is 11.5. The zero-order valence-corrected chi connectivity index (χ0v) is 12.1. The van der Waals surface area contributed by atoms with E-state index < -0.39 is 11.7 Å². The van der Waals surface area contributed by atoms with E-state index in [4.69, 9.17) is 33.7 Å². The van der Waals surface area contributed by atoms with E-state index in [2.05, 4.69) is 0 Å². The maximum Gasteiger partial charge on any atom is 0.416 e. The van der Waals surface area contributed by atoms with Gasteiger partial charge in [0, 0.05) is 6.54 Å². The van der Waals surface area contributed by atoms with E-state index in [0.29, 0.717) is 0 Å². The van der Waals surface area contributed by atoms with Crippen molar-refractivity contribution in [2.45, 2.75) is 12.7 Å². The van der Waals surface area contributed by atoms with Gasteiger partial charge in [0.15, 0.2) is 0 Å². The highest BCUT2D eigenvalue weighted by Gasteiger charge is 2.33. The van der Waals surface area contributed by atoms with E-state index in [9.17, 15) is 13.2 Å². The van der Waals surface area contributed by atoms with Crippen molar-refractivity contribution >= 4 is 23.2 Å². The van der Waals surface area contributed by atoms with Crippen molar-refractivity contribution in [1.82, 2.24) is 0 Å². The minimum Gasteiger partial charge on any atom is -0.456 e. The Kier molecular flexibility index (Phi) is 4.66. The number of halogens is 5. The quantitative estimate of drug-likeness (QED) is 0.829. The number of nitrogens with two attached hydrogens (primary N) is 1. The Labute approximate surface area is 129 Å². The van der Waals surface area contributed by atoms with Crippen molar-refractivity contribution in [3.8, 4) is 11.5 Å². The van der Waals surface area contributed by atoms with Gasteiger partial charge < -0.3 is 10.5 Å². The van der Waals surface area contributed by atoms with Gasteiger partial charge in [-0.2, -0.15) is 13.2 Å². The molecule has 112 valence electrons. The van der Waals surface area contributed by atoms with E-state index in [0.717, 1.165) is 6.07 Å². The second-order valence-electron chi connectivity index (χ2n) is 4.17. The van der Waals surface area contributed by atoms with Crippen LogP contribution in [0.3, 0.4) is 0 Å². The fraction of sp³-hybridized carbons (Fsp3) is 0.143. The molecule has 0 aliphatic rings. The highest BCUT2D eigenvalue weighted by Crippen LogP contribution is 2.38. The summed E-state index contributed by atoms with van der Waals surface area (Å²) < 4.78 is 44.2. The van der Waals surface area contributed by atoms with Gasteiger partial charge in [0.25, 0.3) is 0 Å². The Balaban J connectivity index is 2.40. The van der Waals surface area contributed by atoms with E-state index in [1.807, 2.05) is 0 Å². The van der Waals surface area contributed by atoms with E-state index in [1.165, 1.54) is 18.2 Å². The molecule has 0 saturated carbocycles. The lowest BCUT2D eigenvalue weighted by atomic mass is 10.1. The van der Waals surface area contributed by atoms with Gasteiger partial charge in [-0.05, 0) is 29.8 Å². The molecule has 0 fully saturated rings. The van der Waals surface area contributed by atoms with E-state index >= 15 is 0 Å². The van der Waals surface area contributed by atoms with E-state index in [-0.39, 0.29) is 33.7 Å². The number of ether oxygens (including phenoxy) is 1. The first kappa shape index (κ1) is 15.9. The fourth-order valence-electron chi connectivity index (χ4n) is 1.75. The topological polar surface area (TPSA) is 35.2 Å². The van der Waals surface area contributed by atoms with Gasteiger partial charge in [0.1, 0.15) is 16.5 Å². The van der Waals surface area contributed by atoms with Gasteiger partial charge in [-0.25, -0.2) is 0 Å². The number of alkyl halides is 3. The van der Waals surface area contributed by atoms with Crippen LogP contribution in [0.4, 0.5) is 13.2 Å². The van der Waals surface area contributed by atoms with Crippen molar-refractivity contribution in [3.63, 3.8) is 0 Å². The van der Waals surface area contributed by atoms with Crippen LogP contribution in [-0.4, -0.2) is 0 Å². The molecule has 0 spiro atoms. The fourth-order valence-corrected chi connectivity index (χ4v) is 2.08. The molecular weight excluding hydrogens is 326 g/mol. The van der Waals surface area contributed by atoms with Crippen LogP contribution in [0.15, 0.2) is 36.4 Å². The lowest BCUT2D eigenvalue weighted by molar-refractivity contribution is -0.138. The van der Waals surface area contributed by atoms with Crippen LogP contribution in [0.1, 0.15) is 11.1 Å². The molecule has 0 amide bonds. The second kappa shape index (κ2) is 6.13. The third-order valence-electron chi connectivity index (χ3n) is 2.75. The lowest BCUT2D eigenvalue weighted by Crippen LogP contribution is -2.12. The maximum atomic E-state index is 12.9. The molecule has 0 aliphatic carbocycles. The summed E-state index contributed by atoms with van der Waals surface area (Å²) in [6.07, 6.45) is -4.51. The van der Waals surface area contributed by atoms with Gasteiger partial charge >= 0.3 is 6.18 Å². The molecule has 2 aromatic carbocycles. The number of hydrogen-bond acceptors (Lipinski definition) is 2. The second-order valence-corrected chi connectivity index (χ2v) is 4.96. The van der Waals surface area contributed by atoms with Crippen LogP contribution >= 0.6 is 23.2 Å². The van der Waals surface area contributed by atoms with Crippen molar-refractivity contribution in [2.75, 3.05) is 0 Å². The van der Waals surface area contributed by atoms with Crippen molar-refractivity contribution in [1.29, 1.82) is 0 Å². The molecule has 2 rings (SSSR count). The highest BCUT2D eigenvalue weighted by molar-refractivity contribution is 6.42. The molecule has 0 aromatic heterocycles. The minimum atomic E-state index is -4.51. The van der Waals surface area contributed by atoms with Crippen molar-refractivity contribution in [3.05, 3.63) is 57.6 Å². The molecule has 0 aliphatic heterocycles. The van der Waals surface area contributed by atoms with Gasteiger partial charge in [-0.3, -0.25) is 0 Å². The summed E-state index contributed by atoms with van der Waals surface area (Å²) in [5, 5.41) is 0.388. The molecule has 0 unspecified atom stereocenters. The van der Waals surface area contributed by atoms with Crippen LogP contribution in [0.5, 0.6) is 11.5 Å². The molecule has 0 saturated heterocycles. The molecule has 7 heteroatoms. The summed E-state index contributed by atoms with van der Waals surface area (Å²) in [6, 6.07) is 8.21. The van der Waals surface area contributed by atoms with Gasteiger partial charge in [0.05, 0.1) is 10.6 Å². The SMILES string of the molecule is NCc1ccc(Oc2cccc(Cl)c2Cl)cc1C(F)(F)F. The van der Waals surface area contributed by atoms with Crippen LogP contribution in [0.25, 0.3) is 0 Å². The Morgan fingerprint density at radius 3 is 2.43 bits per heavy atom. The van der Waals surface area contributed by atoms with Gasteiger partial charge in [-0.15, -0.1) is 0 Å². The molecule has 0 atom stereocenters. The number of benzene rings is 2. The first-order valence-electron chi connectivity index (χ1n) is 5.85. The first-order chi connectivity index (χ1) is 9.82.